The van der Waals surface area contributed by atoms with Gasteiger partial charge in [-0.05, 0) is 274 Å². The largest absolute Gasteiger partial charge is 0.456 e. The molecule has 4 aromatic heterocycles. The minimum absolute atomic E-state index is 0.805. The molecule has 8 heteroatoms. The van der Waals surface area contributed by atoms with Crippen LogP contribution >= 0.6 is 0 Å². The van der Waals surface area contributed by atoms with E-state index >= 15 is 0 Å². The number of fused-ring (bicyclic) bond motifs is 12. The summed E-state index contributed by atoms with van der Waals surface area (Å²) in [6.07, 6.45) is 0. The smallest absolute Gasteiger partial charge is 0.135 e. The third kappa shape index (κ3) is 10.1. The molecule has 0 aliphatic heterocycles. The Kier molecular flexibility index (Phi) is 13.8. The van der Waals surface area contributed by atoms with Crippen molar-refractivity contribution in [3.63, 3.8) is 0 Å². The van der Waals surface area contributed by atoms with Crippen LogP contribution < -0.4 is 19.6 Å². The molecule has 0 atom stereocenters. The predicted molar refractivity (Wildman–Crippen MR) is 406 cm³/mol. The molecule has 17 aromatic rings. The van der Waals surface area contributed by atoms with Crippen molar-refractivity contribution in [1.82, 2.24) is 0 Å². The molecule has 472 valence electrons. The fraction of sp³-hybridized carbons (Fsp3) is 0.124. The van der Waals surface area contributed by atoms with E-state index < -0.39 is 0 Å². The highest BCUT2D eigenvalue weighted by atomic mass is 16.3. The molecule has 0 saturated heterocycles. The van der Waals surface area contributed by atoms with Crippen LogP contribution in [-0.2, 0) is 0 Å². The maximum absolute atomic E-state index is 6.81. The van der Waals surface area contributed by atoms with Gasteiger partial charge in [-0.15, -0.1) is 0 Å². The van der Waals surface area contributed by atoms with E-state index in [0.29, 0.717) is 0 Å². The van der Waals surface area contributed by atoms with E-state index in [9.17, 15) is 0 Å². The van der Waals surface area contributed by atoms with Crippen LogP contribution in [0.4, 0.5) is 68.2 Å². The minimum Gasteiger partial charge on any atom is -0.456 e. The average molecular weight is 1260 g/mol. The fourth-order valence-electron chi connectivity index (χ4n) is 15.1. The molecule has 0 amide bonds. The third-order valence-corrected chi connectivity index (χ3v) is 19.7. The molecule has 0 bridgehead atoms. The number of benzene rings is 13. The molecule has 0 unspecified atom stereocenters. The van der Waals surface area contributed by atoms with Gasteiger partial charge in [0.1, 0.15) is 44.7 Å². The lowest BCUT2D eigenvalue weighted by Crippen LogP contribution is -2.13. The van der Waals surface area contributed by atoms with E-state index in [1.165, 1.54) is 50.1 Å². The number of furan rings is 4. The van der Waals surface area contributed by atoms with Gasteiger partial charge in [0.15, 0.2) is 0 Å². The van der Waals surface area contributed by atoms with E-state index in [4.69, 9.17) is 17.7 Å². The van der Waals surface area contributed by atoms with E-state index in [1.807, 2.05) is 0 Å². The maximum atomic E-state index is 6.81. The Balaban J connectivity index is 0.793. The average Bonchev–Trinajstić information content (AvgIpc) is 1.66. The van der Waals surface area contributed by atoms with E-state index in [-0.39, 0.29) is 0 Å². The zero-order valence-electron chi connectivity index (χ0n) is 56.4. The summed E-state index contributed by atoms with van der Waals surface area (Å²) >= 11 is 0. The van der Waals surface area contributed by atoms with E-state index in [1.54, 1.807) is 0 Å². The lowest BCUT2D eigenvalue weighted by molar-refractivity contribution is 0.668. The number of anilines is 12. The lowest BCUT2D eigenvalue weighted by Gasteiger charge is -2.29. The van der Waals surface area contributed by atoms with Crippen LogP contribution in [-0.4, -0.2) is 0 Å². The van der Waals surface area contributed by atoms with Gasteiger partial charge in [-0.3, -0.25) is 0 Å². The van der Waals surface area contributed by atoms with Gasteiger partial charge < -0.3 is 37.3 Å². The van der Waals surface area contributed by atoms with Crippen LogP contribution in [0.15, 0.2) is 254 Å². The summed E-state index contributed by atoms with van der Waals surface area (Å²) in [6.45, 7) is 23.9. The van der Waals surface area contributed by atoms with Gasteiger partial charge in [0.25, 0.3) is 0 Å². The summed E-state index contributed by atoms with van der Waals surface area (Å²) in [5.41, 5.74) is 32.5. The van der Waals surface area contributed by atoms with E-state index in [0.717, 1.165) is 167 Å². The first-order chi connectivity index (χ1) is 47.0. The fourth-order valence-corrected chi connectivity index (χ4v) is 15.1. The lowest BCUT2D eigenvalue weighted by atomic mass is 10.0. The number of hydrogen-bond acceptors (Lipinski definition) is 8. The molecular formula is C89H72N4O4. The summed E-state index contributed by atoms with van der Waals surface area (Å²) in [5.74, 6) is 0. The zero-order chi connectivity index (χ0) is 66.2. The molecule has 0 saturated carbocycles. The number of aryl methyl sites for hydroxylation is 11. The Morgan fingerprint density at radius 1 is 0.165 bits per heavy atom. The standard InChI is InChI=1S/C89H72N4O4/c1-51-12-25-77(57(7)38-51)90(62-18-31-83-70(44-62)69-43-56(6)17-30-82(69)94-83)63-19-32-84-71(45-63)72-46-64(20-33-85(72)95-84)91(78-26-13-52(2)39-58(78)8)65-21-34-86-73(47-65)74-48-66(22-35-87(74)96-86)92(79-27-14-53(3)40-59(79)9)67-23-36-88-75(49-67)76-50-68(24-37-89(76)97-88)93(80-28-15-54(4)41-60(80)10)81-29-16-55(5)42-61(81)11/h12-50H,1-11H3. The van der Waals surface area contributed by atoms with Gasteiger partial charge in [0, 0.05) is 111 Å². The molecule has 0 aliphatic carbocycles. The molecule has 8 nitrogen and oxygen atoms in total. The molecule has 0 N–H and O–H groups in total. The Labute approximate surface area is 564 Å². The van der Waals surface area contributed by atoms with Crippen LogP contribution in [0, 0.1) is 76.2 Å². The molecule has 0 fully saturated rings. The van der Waals surface area contributed by atoms with Crippen LogP contribution in [0.5, 0.6) is 0 Å². The van der Waals surface area contributed by atoms with E-state index in [2.05, 4.69) is 332 Å². The Hall–Kier alpha value is -11.7. The number of hydrogen-bond donors (Lipinski definition) is 0. The van der Waals surface area contributed by atoms with Crippen molar-refractivity contribution in [3.8, 4) is 0 Å². The van der Waals surface area contributed by atoms with Crippen LogP contribution in [0.2, 0.25) is 0 Å². The summed E-state index contributed by atoms with van der Waals surface area (Å²) in [4.78, 5) is 9.53. The molecular weight excluding hydrogens is 1190 g/mol. The van der Waals surface area contributed by atoms with Crippen molar-refractivity contribution >= 4 is 156 Å². The Morgan fingerprint density at radius 2 is 0.330 bits per heavy atom. The van der Waals surface area contributed by atoms with Crippen LogP contribution in [0.1, 0.15) is 61.2 Å². The summed E-state index contributed by atoms with van der Waals surface area (Å²) in [5, 5.41) is 8.31. The van der Waals surface area contributed by atoms with Crippen LogP contribution in [0.25, 0.3) is 87.8 Å². The van der Waals surface area contributed by atoms with Crippen molar-refractivity contribution in [2.45, 2.75) is 76.2 Å². The van der Waals surface area contributed by atoms with Crippen molar-refractivity contribution in [1.29, 1.82) is 0 Å². The van der Waals surface area contributed by atoms with Gasteiger partial charge in [-0.2, -0.15) is 0 Å². The highest BCUT2D eigenvalue weighted by Crippen LogP contribution is 2.49. The quantitative estimate of drug-likeness (QED) is 0.120. The number of nitrogens with zero attached hydrogens (tertiary/aromatic N) is 4. The molecule has 0 radical (unpaired) electrons. The highest BCUT2D eigenvalue weighted by molar-refractivity contribution is 6.13. The second-order valence-corrected chi connectivity index (χ2v) is 27.0. The Morgan fingerprint density at radius 3 is 0.546 bits per heavy atom. The Bertz CT molecular complexity index is 6040. The normalized spacial score (nSPS) is 11.9. The summed E-state index contributed by atoms with van der Waals surface area (Å²) in [6, 6.07) is 86.1. The maximum Gasteiger partial charge on any atom is 0.135 e. The molecule has 13 aromatic carbocycles. The van der Waals surface area contributed by atoms with Gasteiger partial charge in [-0.25, -0.2) is 0 Å². The first-order valence-electron chi connectivity index (χ1n) is 33.4. The predicted octanol–water partition coefficient (Wildman–Crippen LogP) is 26.6. The second-order valence-electron chi connectivity index (χ2n) is 27.0. The van der Waals surface area contributed by atoms with Gasteiger partial charge in [0.2, 0.25) is 0 Å². The zero-order valence-corrected chi connectivity index (χ0v) is 56.4. The molecule has 0 spiro atoms. The van der Waals surface area contributed by atoms with Crippen LogP contribution in [0.3, 0.4) is 0 Å². The molecule has 0 aliphatic rings. The molecule has 17 rings (SSSR count). The highest BCUT2D eigenvalue weighted by Gasteiger charge is 2.26. The van der Waals surface area contributed by atoms with Crippen molar-refractivity contribution in [2.75, 3.05) is 19.6 Å². The minimum atomic E-state index is 0.805. The topological polar surface area (TPSA) is 65.5 Å². The molecule has 97 heavy (non-hydrogen) atoms. The summed E-state index contributed by atoms with van der Waals surface area (Å²) < 4.78 is 26.7. The van der Waals surface area contributed by atoms with Gasteiger partial charge in [0.05, 0.1) is 0 Å². The SMILES string of the molecule is Cc1ccc(N(c2ccc3oc4ccc(C)cc4c3c2)c2ccc3oc4ccc(N(c5ccc6oc7ccc(N(c8ccc9oc%10ccc(N(c%11ccc(C)cc%11C)c%11ccc(C)cc%11C)cc%10c9c8)c8ccc(C)cc8C)cc7c6c5)c5ccc(C)cc5C)cc4c3c2)c(C)c1. The van der Waals surface area contributed by atoms with Crippen molar-refractivity contribution in [3.05, 3.63) is 298 Å². The van der Waals surface area contributed by atoms with Crippen molar-refractivity contribution in [2.24, 2.45) is 0 Å². The first-order valence-corrected chi connectivity index (χ1v) is 33.4. The monoisotopic (exact) mass is 1260 g/mol. The first kappa shape index (κ1) is 59.0. The molecule has 4 heterocycles. The van der Waals surface area contributed by atoms with Gasteiger partial charge >= 0.3 is 0 Å². The van der Waals surface area contributed by atoms with Gasteiger partial charge in [-0.1, -0.05) is 100 Å². The number of rotatable bonds is 12. The third-order valence-electron chi connectivity index (χ3n) is 19.7. The second kappa shape index (κ2) is 22.7. The summed E-state index contributed by atoms with van der Waals surface area (Å²) in [7, 11) is 0. The van der Waals surface area contributed by atoms with Crippen molar-refractivity contribution < 1.29 is 17.7 Å².